The lowest BCUT2D eigenvalue weighted by atomic mass is 10.1. The molecule has 1 aromatic rings. The Hall–Kier alpha value is -1.05. The van der Waals surface area contributed by atoms with Crippen LogP contribution in [0.3, 0.4) is 0 Å². The third-order valence-corrected chi connectivity index (χ3v) is 5.46. The summed E-state index contributed by atoms with van der Waals surface area (Å²) in [5.41, 5.74) is 2.33. The molecule has 0 saturated carbocycles. The largest absolute Gasteiger partial charge is 0.326 e. The SMILES string of the molecule is C=CN1CCO[P@@]1(=O)c1ccc(C)c(C)c1. The first-order valence-corrected chi connectivity index (χ1v) is 6.88. The van der Waals surface area contributed by atoms with Crippen molar-refractivity contribution in [2.24, 2.45) is 0 Å². The predicted molar refractivity (Wildman–Crippen MR) is 66.0 cm³/mol. The van der Waals surface area contributed by atoms with Crippen LogP contribution >= 0.6 is 7.52 Å². The molecule has 1 aliphatic heterocycles. The third kappa shape index (κ3) is 1.70. The molecule has 0 spiro atoms. The van der Waals surface area contributed by atoms with Gasteiger partial charge in [-0.3, -0.25) is 4.57 Å². The van der Waals surface area contributed by atoms with Crippen LogP contribution < -0.4 is 5.30 Å². The molecule has 1 atom stereocenters. The lowest BCUT2D eigenvalue weighted by Gasteiger charge is -2.21. The van der Waals surface area contributed by atoms with E-state index in [1.54, 1.807) is 10.9 Å². The van der Waals surface area contributed by atoms with E-state index in [2.05, 4.69) is 6.58 Å². The molecule has 0 unspecified atom stereocenters. The van der Waals surface area contributed by atoms with E-state index in [1.165, 1.54) is 5.56 Å². The van der Waals surface area contributed by atoms with Gasteiger partial charge in [-0.25, -0.2) is 0 Å². The number of hydrogen-bond acceptors (Lipinski definition) is 2. The molecule has 0 N–H and O–H groups in total. The van der Waals surface area contributed by atoms with Crippen LogP contribution in [0.15, 0.2) is 31.0 Å². The van der Waals surface area contributed by atoms with Crippen molar-refractivity contribution in [3.63, 3.8) is 0 Å². The summed E-state index contributed by atoms with van der Waals surface area (Å²) in [7, 11) is -2.86. The van der Waals surface area contributed by atoms with Crippen molar-refractivity contribution < 1.29 is 9.09 Å². The van der Waals surface area contributed by atoms with Crippen LogP contribution in [0.2, 0.25) is 0 Å². The fraction of sp³-hybridized carbons (Fsp3) is 0.333. The predicted octanol–water partition coefficient (Wildman–Crippen LogP) is 2.60. The molecule has 2 rings (SSSR count). The van der Waals surface area contributed by atoms with Gasteiger partial charge in [0.2, 0.25) is 0 Å². The minimum absolute atomic E-state index is 0.496. The molecule has 0 aliphatic carbocycles. The zero-order valence-electron chi connectivity index (χ0n) is 9.64. The summed E-state index contributed by atoms with van der Waals surface area (Å²) in [6, 6.07) is 5.80. The van der Waals surface area contributed by atoms with Gasteiger partial charge in [0, 0.05) is 6.20 Å². The number of benzene rings is 1. The highest BCUT2D eigenvalue weighted by atomic mass is 31.2. The maximum atomic E-state index is 12.7. The van der Waals surface area contributed by atoms with Crippen molar-refractivity contribution >= 4 is 12.8 Å². The van der Waals surface area contributed by atoms with Gasteiger partial charge in [-0.15, -0.1) is 0 Å². The third-order valence-electron chi connectivity index (χ3n) is 2.95. The highest BCUT2D eigenvalue weighted by molar-refractivity contribution is 7.65. The molecule has 0 radical (unpaired) electrons. The monoisotopic (exact) mass is 237 g/mol. The van der Waals surface area contributed by atoms with Crippen LogP contribution in [-0.4, -0.2) is 17.8 Å². The van der Waals surface area contributed by atoms with Gasteiger partial charge >= 0.3 is 7.52 Å². The van der Waals surface area contributed by atoms with Crippen LogP contribution in [0.25, 0.3) is 0 Å². The van der Waals surface area contributed by atoms with Crippen molar-refractivity contribution in [3.8, 4) is 0 Å². The first kappa shape index (κ1) is 11.4. The van der Waals surface area contributed by atoms with E-state index in [1.807, 2.05) is 32.0 Å². The molecule has 86 valence electrons. The Kier molecular flexibility index (Phi) is 2.92. The second-order valence-corrected chi connectivity index (χ2v) is 6.30. The van der Waals surface area contributed by atoms with E-state index in [4.69, 9.17) is 4.52 Å². The molecule has 1 fully saturated rings. The lowest BCUT2D eigenvalue weighted by molar-refractivity contribution is 0.365. The molecule has 1 heterocycles. The highest BCUT2D eigenvalue weighted by Crippen LogP contribution is 2.53. The highest BCUT2D eigenvalue weighted by Gasteiger charge is 2.36. The summed E-state index contributed by atoms with van der Waals surface area (Å²) in [6.45, 7) is 8.87. The summed E-state index contributed by atoms with van der Waals surface area (Å²) in [5.74, 6) is 0. The minimum Gasteiger partial charge on any atom is -0.308 e. The molecule has 0 amide bonds. The molecule has 16 heavy (non-hydrogen) atoms. The lowest BCUT2D eigenvalue weighted by Crippen LogP contribution is -2.16. The Morgan fingerprint density at radius 1 is 1.44 bits per heavy atom. The topological polar surface area (TPSA) is 29.5 Å². The van der Waals surface area contributed by atoms with Crippen LogP contribution in [0.5, 0.6) is 0 Å². The Morgan fingerprint density at radius 3 is 2.81 bits per heavy atom. The van der Waals surface area contributed by atoms with E-state index < -0.39 is 7.52 Å². The van der Waals surface area contributed by atoms with Gasteiger partial charge in [0.25, 0.3) is 0 Å². The van der Waals surface area contributed by atoms with Gasteiger partial charge in [0.1, 0.15) is 0 Å². The number of hydrogen-bond donors (Lipinski definition) is 0. The van der Waals surface area contributed by atoms with Gasteiger partial charge in [-0.2, -0.15) is 0 Å². The molecular weight excluding hydrogens is 221 g/mol. The Bertz CT molecular complexity index is 470. The Morgan fingerprint density at radius 2 is 2.19 bits per heavy atom. The Labute approximate surface area is 96.2 Å². The van der Waals surface area contributed by atoms with Crippen molar-refractivity contribution in [2.75, 3.05) is 13.2 Å². The minimum atomic E-state index is -2.86. The summed E-state index contributed by atoms with van der Waals surface area (Å²) < 4.78 is 19.8. The first-order valence-electron chi connectivity index (χ1n) is 5.30. The molecule has 0 aromatic heterocycles. The fourth-order valence-corrected chi connectivity index (χ4v) is 3.89. The van der Waals surface area contributed by atoms with Crippen LogP contribution in [0.1, 0.15) is 11.1 Å². The van der Waals surface area contributed by atoms with Gasteiger partial charge in [-0.05, 0) is 37.1 Å². The van der Waals surface area contributed by atoms with Crippen molar-refractivity contribution in [1.82, 2.24) is 4.67 Å². The van der Waals surface area contributed by atoms with Gasteiger partial charge in [0.05, 0.1) is 18.5 Å². The summed E-state index contributed by atoms with van der Waals surface area (Å²) in [6.07, 6.45) is 1.60. The van der Waals surface area contributed by atoms with Gasteiger partial charge in [0.15, 0.2) is 0 Å². The van der Waals surface area contributed by atoms with Crippen molar-refractivity contribution in [1.29, 1.82) is 0 Å². The van der Waals surface area contributed by atoms with E-state index >= 15 is 0 Å². The smallest absolute Gasteiger partial charge is 0.308 e. The van der Waals surface area contributed by atoms with Gasteiger partial charge < -0.3 is 9.19 Å². The summed E-state index contributed by atoms with van der Waals surface area (Å²) in [5, 5.41) is 0.757. The average Bonchev–Trinajstić information content (AvgIpc) is 2.65. The molecule has 1 aliphatic rings. The molecule has 0 bridgehead atoms. The van der Waals surface area contributed by atoms with E-state index in [-0.39, 0.29) is 0 Å². The first-order chi connectivity index (χ1) is 7.58. The quantitative estimate of drug-likeness (QED) is 0.740. The van der Waals surface area contributed by atoms with Gasteiger partial charge in [-0.1, -0.05) is 12.6 Å². The normalized spacial score (nSPS) is 24.8. The average molecular weight is 237 g/mol. The van der Waals surface area contributed by atoms with E-state index in [0.717, 1.165) is 10.9 Å². The van der Waals surface area contributed by atoms with E-state index in [0.29, 0.717) is 13.2 Å². The standard InChI is InChI=1S/C12H16NO2P/c1-4-13-7-8-15-16(13,14)12-6-5-10(2)11(3)9-12/h4-6,9H,1,7-8H2,2-3H3/t16-/m0/s1. The van der Waals surface area contributed by atoms with Crippen LogP contribution in [-0.2, 0) is 9.09 Å². The van der Waals surface area contributed by atoms with Crippen molar-refractivity contribution in [2.45, 2.75) is 13.8 Å². The maximum absolute atomic E-state index is 12.7. The van der Waals surface area contributed by atoms with Crippen LogP contribution in [0, 0.1) is 13.8 Å². The second-order valence-electron chi connectivity index (χ2n) is 3.97. The van der Waals surface area contributed by atoms with E-state index in [9.17, 15) is 4.57 Å². The number of rotatable bonds is 2. The molecule has 4 heteroatoms. The summed E-state index contributed by atoms with van der Waals surface area (Å²) in [4.78, 5) is 0. The fourth-order valence-electron chi connectivity index (χ4n) is 1.79. The second kappa shape index (κ2) is 4.08. The molecular formula is C12H16NO2P. The zero-order valence-corrected chi connectivity index (χ0v) is 10.5. The maximum Gasteiger partial charge on any atom is 0.326 e. The van der Waals surface area contributed by atoms with Crippen molar-refractivity contribution in [3.05, 3.63) is 42.1 Å². The van der Waals surface area contributed by atoms with Crippen LogP contribution in [0.4, 0.5) is 0 Å². The summed E-state index contributed by atoms with van der Waals surface area (Å²) >= 11 is 0. The number of nitrogens with zero attached hydrogens (tertiary/aromatic N) is 1. The number of aryl methyl sites for hydroxylation is 2. The molecule has 1 saturated heterocycles. The molecule has 1 aromatic carbocycles. The zero-order chi connectivity index (χ0) is 11.8. The molecule has 3 nitrogen and oxygen atoms in total. The Balaban J connectivity index is 2.46.